The molecule has 1 aromatic heterocycles. The van der Waals surface area contributed by atoms with Crippen LogP contribution in [0.5, 0.6) is 5.75 Å². The number of ether oxygens (including phenoxy) is 3. The summed E-state index contributed by atoms with van der Waals surface area (Å²) in [5.41, 5.74) is 0.618. The van der Waals surface area contributed by atoms with Gasteiger partial charge in [0, 0.05) is 30.5 Å². The van der Waals surface area contributed by atoms with E-state index in [0.717, 1.165) is 12.8 Å². The first-order valence-corrected chi connectivity index (χ1v) is 13.8. The number of aromatic nitrogens is 1. The van der Waals surface area contributed by atoms with Gasteiger partial charge in [-0.3, -0.25) is 4.79 Å². The van der Waals surface area contributed by atoms with E-state index < -0.39 is 32.7 Å². The number of rotatable bonds is 5. The third kappa shape index (κ3) is 4.27. The van der Waals surface area contributed by atoms with E-state index in [1.54, 1.807) is 31.4 Å². The SMILES string of the molecule is CC(C)OC(=O)c1cc2c(n(C3CC3)c1=O)-c1cc(Cl)c(OC3CCOCC3)cc1S(=O)(=O)C2C. The van der Waals surface area contributed by atoms with Gasteiger partial charge in [0.2, 0.25) is 0 Å². The van der Waals surface area contributed by atoms with Crippen LogP contribution >= 0.6 is 11.6 Å². The Morgan fingerprint density at radius 1 is 1.14 bits per heavy atom. The molecule has 2 aliphatic heterocycles. The summed E-state index contributed by atoms with van der Waals surface area (Å²) in [7, 11) is -3.85. The van der Waals surface area contributed by atoms with Crippen LogP contribution in [0.15, 0.2) is 27.9 Å². The summed E-state index contributed by atoms with van der Waals surface area (Å²) < 4.78 is 45.6. The van der Waals surface area contributed by atoms with Crippen molar-refractivity contribution < 1.29 is 27.4 Å². The minimum absolute atomic E-state index is 0.0790. The lowest BCUT2D eigenvalue weighted by Crippen LogP contribution is -2.33. The molecule has 1 saturated heterocycles. The molecular weight excluding hydrogens is 494 g/mol. The highest BCUT2D eigenvalue weighted by Gasteiger charge is 2.41. The Morgan fingerprint density at radius 3 is 2.46 bits per heavy atom. The number of halogens is 1. The first kappa shape index (κ1) is 24.3. The fourth-order valence-electron chi connectivity index (χ4n) is 4.73. The molecule has 0 bridgehead atoms. The van der Waals surface area contributed by atoms with Gasteiger partial charge in [-0.05, 0) is 51.3 Å². The predicted molar refractivity (Wildman–Crippen MR) is 130 cm³/mol. The lowest BCUT2D eigenvalue weighted by Gasteiger charge is -2.30. The van der Waals surface area contributed by atoms with Gasteiger partial charge in [0.05, 0.1) is 40.2 Å². The molecule has 1 aliphatic carbocycles. The largest absolute Gasteiger partial charge is 0.489 e. The minimum Gasteiger partial charge on any atom is -0.489 e. The van der Waals surface area contributed by atoms with Crippen LogP contribution in [-0.4, -0.2) is 44.4 Å². The van der Waals surface area contributed by atoms with Crippen molar-refractivity contribution >= 4 is 27.4 Å². The zero-order valence-electron chi connectivity index (χ0n) is 19.9. The van der Waals surface area contributed by atoms with Gasteiger partial charge >= 0.3 is 5.97 Å². The third-order valence-electron chi connectivity index (χ3n) is 6.70. The highest BCUT2D eigenvalue weighted by atomic mass is 35.5. The summed E-state index contributed by atoms with van der Waals surface area (Å²) in [5.74, 6) is -0.454. The molecule has 1 unspecified atom stereocenters. The molecule has 2 aromatic rings. The van der Waals surface area contributed by atoms with Gasteiger partial charge in [0.25, 0.3) is 5.56 Å². The van der Waals surface area contributed by atoms with Crippen molar-refractivity contribution in [1.82, 2.24) is 4.57 Å². The molecule has 5 rings (SSSR count). The van der Waals surface area contributed by atoms with E-state index >= 15 is 0 Å². The normalized spacial score (nSPS) is 21.3. The smallest absolute Gasteiger partial charge is 0.344 e. The van der Waals surface area contributed by atoms with Gasteiger partial charge < -0.3 is 18.8 Å². The number of pyridine rings is 1. The number of fused-ring (bicyclic) bond motifs is 3. The Balaban J connectivity index is 1.70. The molecule has 1 saturated carbocycles. The van der Waals surface area contributed by atoms with E-state index in [-0.39, 0.29) is 27.6 Å². The van der Waals surface area contributed by atoms with Gasteiger partial charge in [0.1, 0.15) is 17.4 Å². The molecule has 0 amide bonds. The highest BCUT2D eigenvalue weighted by molar-refractivity contribution is 7.92. The fourth-order valence-corrected chi connectivity index (χ4v) is 6.57. The standard InChI is InChI=1S/C25H28ClNO7S/c1-13(2)33-25(29)19-10-17-14(3)35(30,31)22-12-21(34-16-6-8-32-9-7-16)20(26)11-18(22)23(17)27(24(19)28)15-4-5-15/h10-16H,4-9H2,1-3H3. The Morgan fingerprint density at radius 2 is 1.83 bits per heavy atom. The van der Waals surface area contributed by atoms with Crippen molar-refractivity contribution in [3.8, 4) is 17.0 Å². The number of carbonyl (C=O) groups excluding carboxylic acids is 1. The van der Waals surface area contributed by atoms with Crippen LogP contribution in [-0.2, 0) is 19.3 Å². The molecule has 3 aliphatic rings. The lowest BCUT2D eigenvalue weighted by atomic mass is 9.99. The Labute approximate surface area is 209 Å². The molecular formula is C25H28ClNO7S. The lowest BCUT2D eigenvalue weighted by molar-refractivity contribution is 0.0255. The third-order valence-corrected chi connectivity index (χ3v) is 9.13. The van der Waals surface area contributed by atoms with Crippen molar-refractivity contribution in [3.05, 3.63) is 44.7 Å². The van der Waals surface area contributed by atoms with Gasteiger partial charge in [-0.2, -0.15) is 0 Å². The predicted octanol–water partition coefficient (Wildman–Crippen LogP) is 4.47. The average Bonchev–Trinajstić information content (AvgIpc) is 3.63. The highest BCUT2D eigenvalue weighted by Crippen LogP contribution is 2.50. The number of hydrogen-bond acceptors (Lipinski definition) is 7. The van der Waals surface area contributed by atoms with Crippen LogP contribution in [0.25, 0.3) is 11.3 Å². The molecule has 0 N–H and O–H groups in total. The molecule has 0 spiro atoms. The van der Waals surface area contributed by atoms with Crippen molar-refractivity contribution in [2.24, 2.45) is 0 Å². The van der Waals surface area contributed by atoms with Crippen LogP contribution in [0.3, 0.4) is 0 Å². The second-order valence-electron chi connectivity index (χ2n) is 9.62. The Kier molecular flexibility index (Phi) is 6.22. The van der Waals surface area contributed by atoms with Gasteiger partial charge in [-0.15, -0.1) is 0 Å². The minimum atomic E-state index is -3.85. The summed E-state index contributed by atoms with van der Waals surface area (Å²) in [6.07, 6.45) is 2.39. The van der Waals surface area contributed by atoms with Gasteiger partial charge in [-0.1, -0.05) is 11.6 Å². The van der Waals surface area contributed by atoms with E-state index in [2.05, 4.69) is 0 Å². The maximum Gasteiger partial charge on any atom is 0.344 e. The summed E-state index contributed by atoms with van der Waals surface area (Å²) in [6, 6.07) is 4.32. The molecule has 10 heteroatoms. The zero-order chi connectivity index (χ0) is 25.1. The molecule has 1 aromatic carbocycles. The fraction of sp³-hybridized carbons (Fsp3) is 0.520. The van der Waals surface area contributed by atoms with Gasteiger partial charge in [-0.25, -0.2) is 13.2 Å². The van der Waals surface area contributed by atoms with Crippen molar-refractivity contribution in [3.63, 3.8) is 0 Å². The van der Waals surface area contributed by atoms with Crippen LogP contribution in [0, 0.1) is 0 Å². The summed E-state index contributed by atoms with van der Waals surface area (Å²) in [4.78, 5) is 26.3. The van der Waals surface area contributed by atoms with Crippen molar-refractivity contribution in [2.75, 3.05) is 13.2 Å². The molecule has 35 heavy (non-hydrogen) atoms. The monoisotopic (exact) mass is 521 g/mol. The maximum atomic E-state index is 13.6. The topological polar surface area (TPSA) is 101 Å². The molecule has 2 fully saturated rings. The Bertz CT molecular complexity index is 1350. The number of carbonyl (C=O) groups is 1. The van der Waals surface area contributed by atoms with E-state index in [1.807, 2.05) is 0 Å². The van der Waals surface area contributed by atoms with Crippen LogP contribution in [0.1, 0.15) is 73.7 Å². The number of sulfone groups is 1. The first-order valence-electron chi connectivity index (χ1n) is 11.9. The van der Waals surface area contributed by atoms with Crippen LogP contribution in [0.2, 0.25) is 5.02 Å². The number of esters is 1. The second kappa shape index (κ2) is 8.94. The van der Waals surface area contributed by atoms with E-state index in [1.165, 1.54) is 12.1 Å². The van der Waals surface area contributed by atoms with E-state index in [9.17, 15) is 18.0 Å². The van der Waals surface area contributed by atoms with Crippen LogP contribution in [0.4, 0.5) is 0 Å². The summed E-state index contributed by atoms with van der Waals surface area (Å²) in [6.45, 7) is 6.11. The molecule has 8 nitrogen and oxygen atoms in total. The zero-order valence-corrected chi connectivity index (χ0v) is 21.4. The average molecular weight is 522 g/mol. The quantitative estimate of drug-likeness (QED) is 0.535. The molecule has 188 valence electrons. The molecule has 1 atom stereocenters. The number of nitrogens with zero attached hydrogens (tertiary/aromatic N) is 1. The summed E-state index contributed by atoms with van der Waals surface area (Å²) in [5, 5.41) is -0.706. The van der Waals surface area contributed by atoms with Crippen molar-refractivity contribution in [1.29, 1.82) is 0 Å². The number of benzene rings is 1. The maximum absolute atomic E-state index is 13.6. The first-order chi connectivity index (χ1) is 16.6. The molecule has 0 radical (unpaired) electrons. The van der Waals surface area contributed by atoms with E-state index in [4.69, 9.17) is 25.8 Å². The second-order valence-corrected chi connectivity index (χ2v) is 12.3. The summed E-state index contributed by atoms with van der Waals surface area (Å²) >= 11 is 6.59. The van der Waals surface area contributed by atoms with Crippen LogP contribution < -0.4 is 10.3 Å². The van der Waals surface area contributed by atoms with Crippen molar-refractivity contribution in [2.45, 2.75) is 74.8 Å². The van der Waals surface area contributed by atoms with Gasteiger partial charge in [0.15, 0.2) is 9.84 Å². The number of hydrogen-bond donors (Lipinski definition) is 0. The van der Waals surface area contributed by atoms with E-state index in [0.29, 0.717) is 48.6 Å². The Hall–Kier alpha value is -2.36. The molecule has 3 heterocycles.